The molecule has 3 aromatic rings. The maximum Gasteiger partial charge on any atom is 0.416 e. The van der Waals surface area contributed by atoms with Crippen LogP contribution < -0.4 is 0 Å². The predicted molar refractivity (Wildman–Crippen MR) is 117 cm³/mol. The molecule has 0 N–H and O–H groups in total. The molecule has 8 heteroatoms. The Hall–Kier alpha value is -2.71. The molecule has 0 saturated heterocycles. The van der Waals surface area contributed by atoms with Gasteiger partial charge in [0.25, 0.3) is 5.91 Å². The third-order valence-corrected chi connectivity index (χ3v) is 6.41. The molecule has 0 radical (unpaired) electrons. The van der Waals surface area contributed by atoms with Crippen molar-refractivity contribution in [3.05, 3.63) is 75.6 Å². The first kappa shape index (κ1) is 20.6. The first-order valence-corrected chi connectivity index (χ1v) is 10.8. The minimum absolute atomic E-state index is 0.0109. The molecule has 0 saturated carbocycles. The second-order valence-corrected chi connectivity index (χ2v) is 8.70. The molecule has 0 fully saturated rings. The highest BCUT2D eigenvalue weighted by atomic mass is 32.2. The van der Waals surface area contributed by atoms with Crippen LogP contribution >= 0.6 is 23.1 Å². The zero-order valence-electron chi connectivity index (χ0n) is 15.7. The highest BCUT2D eigenvalue weighted by molar-refractivity contribution is 8.16. The normalized spacial score (nSPS) is 14.9. The van der Waals surface area contributed by atoms with Crippen LogP contribution in [0.3, 0.4) is 0 Å². The van der Waals surface area contributed by atoms with Crippen LogP contribution in [-0.2, 0) is 11.0 Å². The maximum absolute atomic E-state index is 13.5. The summed E-state index contributed by atoms with van der Waals surface area (Å²) in [6.45, 7) is 1.92. The van der Waals surface area contributed by atoms with E-state index in [-0.39, 0.29) is 17.2 Å². The average Bonchev–Trinajstić information content (AvgIpc) is 3.32. The fourth-order valence-electron chi connectivity index (χ4n) is 3.07. The number of hydrogen-bond acceptors (Lipinski definition) is 4. The van der Waals surface area contributed by atoms with Crippen molar-refractivity contribution in [3.63, 3.8) is 0 Å². The minimum atomic E-state index is -4.49. The van der Waals surface area contributed by atoms with Gasteiger partial charge in [-0.15, -0.1) is 11.3 Å². The highest BCUT2D eigenvalue weighted by Crippen LogP contribution is 2.38. The summed E-state index contributed by atoms with van der Waals surface area (Å²) < 4.78 is 40.5. The molecule has 0 unspecified atom stereocenters. The van der Waals surface area contributed by atoms with Crippen LogP contribution in [0.5, 0.6) is 0 Å². The van der Waals surface area contributed by atoms with Gasteiger partial charge in [-0.25, -0.2) is 9.98 Å². The fraction of sp³-hybridized carbons (Fsp3) is 0.136. The number of aromatic nitrogens is 1. The number of carbonyl (C=O) groups excluding carboxylic acids is 1. The Kier molecular flexibility index (Phi) is 5.62. The van der Waals surface area contributed by atoms with E-state index in [9.17, 15) is 18.0 Å². The van der Waals surface area contributed by atoms with Crippen LogP contribution in [0.4, 0.5) is 13.2 Å². The largest absolute Gasteiger partial charge is 0.416 e. The molecule has 0 spiro atoms. The SMILES string of the molecule is Cc1sc(/C(=C/c2ccccc2C(F)(F)F)C2=NC(=O)CS2)nc1-c1ccccc1. The predicted octanol–water partition coefficient (Wildman–Crippen LogP) is 6.35. The first-order chi connectivity index (χ1) is 14.3. The van der Waals surface area contributed by atoms with Crippen molar-refractivity contribution in [1.29, 1.82) is 0 Å². The summed E-state index contributed by atoms with van der Waals surface area (Å²) in [7, 11) is 0. The van der Waals surface area contributed by atoms with E-state index in [2.05, 4.69) is 4.99 Å². The Morgan fingerprint density at radius 1 is 1.07 bits per heavy atom. The number of aliphatic imine (C=N–C) groups is 1. The summed E-state index contributed by atoms with van der Waals surface area (Å²) in [4.78, 5) is 21.4. The third kappa shape index (κ3) is 4.24. The molecule has 2 aromatic carbocycles. The number of benzene rings is 2. The number of hydrogen-bond donors (Lipinski definition) is 0. The van der Waals surface area contributed by atoms with Crippen molar-refractivity contribution < 1.29 is 18.0 Å². The standard InChI is InChI=1S/C22H15F3N2OS2/c1-13-19(14-7-3-2-4-8-14)27-21(30-13)16(20-26-18(28)12-29-20)11-15-9-5-6-10-17(15)22(23,24)25/h2-11H,12H2,1H3/b16-11+. The number of nitrogens with zero attached hydrogens (tertiary/aromatic N) is 2. The topological polar surface area (TPSA) is 42.3 Å². The van der Waals surface area contributed by atoms with Gasteiger partial charge in [0, 0.05) is 16.0 Å². The van der Waals surface area contributed by atoms with Gasteiger partial charge >= 0.3 is 6.18 Å². The van der Waals surface area contributed by atoms with E-state index in [0.29, 0.717) is 15.6 Å². The lowest BCUT2D eigenvalue weighted by atomic mass is 10.0. The van der Waals surface area contributed by atoms with Crippen LogP contribution in [0.25, 0.3) is 22.9 Å². The molecular formula is C22H15F3N2OS2. The molecule has 1 aliphatic heterocycles. The third-order valence-electron chi connectivity index (χ3n) is 4.43. The molecule has 3 nitrogen and oxygen atoms in total. The van der Waals surface area contributed by atoms with E-state index < -0.39 is 11.7 Å². The lowest BCUT2D eigenvalue weighted by molar-refractivity contribution is -0.137. The lowest BCUT2D eigenvalue weighted by Crippen LogP contribution is -2.07. The van der Waals surface area contributed by atoms with E-state index in [1.54, 1.807) is 6.07 Å². The van der Waals surface area contributed by atoms with Crippen molar-refractivity contribution in [2.45, 2.75) is 13.1 Å². The summed E-state index contributed by atoms with van der Waals surface area (Å²) in [6, 6.07) is 14.9. The zero-order chi connectivity index (χ0) is 21.3. The van der Waals surface area contributed by atoms with Crippen LogP contribution in [-0.4, -0.2) is 21.7 Å². The number of carbonyl (C=O) groups is 1. The molecule has 1 aliphatic rings. The van der Waals surface area contributed by atoms with Gasteiger partial charge in [-0.3, -0.25) is 4.79 Å². The second-order valence-electron chi connectivity index (χ2n) is 6.53. The van der Waals surface area contributed by atoms with E-state index >= 15 is 0 Å². The number of thiazole rings is 1. The average molecular weight is 445 g/mol. The summed E-state index contributed by atoms with van der Waals surface area (Å²) in [6.07, 6.45) is -3.06. The van der Waals surface area contributed by atoms with E-state index in [1.165, 1.54) is 41.3 Å². The van der Waals surface area contributed by atoms with Gasteiger partial charge in [-0.05, 0) is 24.6 Å². The molecule has 152 valence electrons. The summed E-state index contributed by atoms with van der Waals surface area (Å²) >= 11 is 2.59. The van der Waals surface area contributed by atoms with Gasteiger partial charge in [-0.2, -0.15) is 13.2 Å². The van der Waals surface area contributed by atoms with Crippen LogP contribution in [0, 0.1) is 6.92 Å². The van der Waals surface area contributed by atoms with Crippen LogP contribution in [0.2, 0.25) is 0 Å². The Morgan fingerprint density at radius 2 is 1.77 bits per heavy atom. The molecule has 30 heavy (non-hydrogen) atoms. The molecule has 2 heterocycles. The van der Waals surface area contributed by atoms with Crippen LogP contribution in [0.15, 0.2) is 59.6 Å². The minimum Gasteiger partial charge on any atom is -0.272 e. The Morgan fingerprint density at radius 3 is 2.43 bits per heavy atom. The van der Waals surface area contributed by atoms with Crippen molar-refractivity contribution in [1.82, 2.24) is 4.98 Å². The molecular weight excluding hydrogens is 429 g/mol. The summed E-state index contributed by atoms with van der Waals surface area (Å²) in [5.74, 6) is -0.134. The van der Waals surface area contributed by atoms with Gasteiger partial charge in [0.2, 0.25) is 0 Å². The number of aryl methyl sites for hydroxylation is 1. The number of alkyl halides is 3. The smallest absolute Gasteiger partial charge is 0.272 e. The van der Waals surface area contributed by atoms with Gasteiger partial charge in [0.05, 0.1) is 17.0 Å². The van der Waals surface area contributed by atoms with Crippen molar-refractivity contribution >= 4 is 45.7 Å². The van der Waals surface area contributed by atoms with Crippen molar-refractivity contribution in [3.8, 4) is 11.3 Å². The molecule has 0 aliphatic carbocycles. The van der Waals surface area contributed by atoms with Gasteiger partial charge < -0.3 is 0 Å². The van der Waals surface area contributed by atoms with Crippen molar-refractivity contribution in [2.75, 3.05) is 5.75 Å². The van der Waals surface area contributed by atoms with Gasteiger partial charge in [-0.1, -0.05) is 60.3 Å². The zero-order valence-corrected chi connectivity index (χ0v) is 17.4. The van der Waals surface area contributed by atoms with Crippen LogP contribution in [0.1, 0.15) is 21.0 Å². The maximum atomic E-state index is 13.5. The van der Waals surface area contributed by atoms with E-state index in [0.717, 1.165) is 22.2 Å². The molecule has 4 rings (SSSR count). The van der Waals surface area contributed by atoms with Gasteiger partial charge in [0.15, 0.2) is 0 Å². The quantitative estimate of drug-likeness (QED) is 0.471. The highest BCUT2D eigenvalue weighted by Gasteiger charge is 2.33. The number of thioether (sulfide) groups is 1. The monoisotopic (exact) mass is 444 g/mol. The molecule has 1 amide bonds. The fourth-order valence-corrected chi connectivity index (χ4v) is 4.89. The Labute approximate surface area is 179 Å². The summed E-state index contributed by atoms with van der Waals surface area (Å²) in [5.41, 5.74) is 1.38. The van der Waals surface area contributed by atoms with Crippen molar-refractivity contribution in [2.24, 2.45) is 4.99 Å². The number of halogens is 3. The first-order valence-electron chi connectivity index (χ1n) is 8.99. The number of rotatable bonds is 4. The number of amides is 1. The van der Waals surface area contributed by atoms with E-state index in [1.807, 2.05) is 37.3 Å². The van der Waals surface area contributed by atoms with E-state index in [4.69, 9.17) is 4.98 Å². The molecule has 1 aromatic heterocycles. The summed E-state index contributed by atoms with van der Waals surface area (Å²) in [5, 5.41) is 0.926. The second kappa shape index (κ2) is 8.20. The molecule has 0 bridgehead atoms. The Balaban J connectivity index is 1.87. The lowest BCUT2D eigenvalue weighted by Gasteiger charge is -2.11. The van der Waals surface area contributed by atoms with Gasteiger partial charge in [0.1, 0.15) is 10.1 Å². The Bertz CT molecular complexity index is 1160. The molecule has 0 atom stereocenters.